The van der Waals surface area contributed by atoms with E-state index in [1.165, 1.54) is 0 Å². The smallest absolute Gasteiger partial charge is 0.227 e. The second-order valence-electron chi connectivity index (χ2n) is 6.68. The van der Waals surface area contributed by atoms with Gasteiger partial charge in [0.05, 0.1) is 46.0 Å². The Hall–Kier alpha value is -4.27. The van der Waals surface area contributed by atoms with Gasteiger partial charge in [-0.3, -0.25) is 0 Å². The van der Waals surface area contributed by atoms with E-state index >= 15 is 0 Å². The van der Waals surface area contributed by atoms with Gasteiger partial charge in [0.25, 0.3) is 0 Å². The Bertz CT molecular complexity index is 1180. The number of methoxy groups -OCH3 is 4. The number of anilines is 2. The number of rotatable bonds is 8. The van der Waals surface area contributed by atoms with Crippen LogP contribution < -0.4 is 24.3 Å². The summed E-state index contributed by atoms with van der Waals surface area (Å²) in [5, 5.41) is 7.63. The predicted octanol–water partition coefficient (Wildman–Crippen LogP) is 4.11. The van der Waals surface area contributed by atoms with Crippen LogP contribution >= 0.6 is 0 Å². The predicted molar refractivity (Wildman–Crippen MR) is 121 cm³/mol. The molecule has 0 spiro atoms. The summed E-state index contributed by atoms with van der Waals surface area (Å²) in [5.74, 6) is 2.80. The second kappa shape index (κ2) is 9.25. The molecule has 2 aromatic heterocycles. The van der Waals surface area contributed by atoms with Crippen molar-refractivity contribution in [3.8, 4) is 39.9 Å². The van der Waals surface area contributed by atoms with Crippen LogP contribution in [0.1, 0.15) is 0 Å². The van der Waals surface area contributed by atoms with Gasteiger partial charge in [0.1, 0.15) is 5.75 Å². The molecule has 32 heavy (non-hydrogen) atoms. The van der Waals surface area contributed by atoms with E-state index in [1.54, 1.807) is 57.6 Å². The molecule has 4 aromatic rings. The van der Waals surface area contributed by atoms with Crippen molar-refractivity contribution in [2.24, 2.45) is 0 Å². The number of benzene rings is 2. The van der Waals surface area contributed by atoms with Gasteiger partial charge < -0.3 is 24.3 Å². The van der Waals surface area contributed by atoms with Crippen LogP contribution in [0, 0.1) is 0 Å². The lowest BCUT2D eigenvalue weighted by atomic mass is 10.2. The standard InChI is InChI=1S/C23H23N5O4/c1-29-18-7-5-17(6-8-18)28-14-15(13-25-28)19-9-10-24-23(27-19)26-16-11-20(30-2)22(32-4)21(12-16)31-3/h5-14H,1-4H3,(H,24,26,27). The summed E-state index contributed by atoms with van der Waals surface area (Å²) in [5.41, 5.74) is 3.21. The van der Waals surface area contributed by atoms with Gasteiger partial charge in [0.15, 0.2) is 11.5 Å². The highest BCUT2D eigenvalue weighted by Gasteiger charge is 2.14. The highest BCUT2D eigenvalue weighted by molar-refractivity contribution is 5.67. The molecule has 0 aliphatic carbocycles. The zero-order chi connectivity index (χ0) is 22.5. The normalized spacial score (nSPS) is 10.5. The van der Waals surface area contributed by atoms with Crippen molar-refractivity contribution in [3.63, 3.8) is 0 Å². The van der Waals surface area contributed by atoms with E-state index in [0.717, 1.165) is 22.7 Å². The zero-order valence-electron chi connectivity index (χ0n) is 18.2. The highest BCUT2D eigenvalue weighted by Crippen LogP contribution is 2.40. The fourth-order valence-corrected chi connectivity index (χ4v) is 3.19. The van der Waals surface area contributed by atoms with E-state index in [4.69, 9.17) is 18.9 Å². The van der Waals surface area contributed by atoms with Crippen molar-refractivity contribution in [1.29, 1.82) is 0 Å². The average Bonchev–Trinajstić information content (AvgIpc) is 3.34. The number of nitrogens with zero attached hydrogens (tertiary/aromatic N) is 4. The molecule has 0 aliphatic rings. The molecule has 0 aliphatic heterocycles. The summed E-state index contributed by atoms with van der Waals surface area (Å²) in [6.07, 6.45) is 5.36. The van der Waals surface area contributed by atoms with E-state index in [2.05, 4.69) is 20.4 Å². The largest absolute Gasteiger partial charge is 0.497 e. The molecule has 9 heteroatoms. The lowest BCUT2D eigenvalue weighted by Gasteiger charge is -2.14. The highest BCUT2D eigenvalue weighted by atomic mass is 16.5. The fourth-order valence-electron chi connectivity index (χ4n) is 3.19. The van der Waals surface area contributed by atoms with Gasteiger partial charge in [-0.2, -0.15) is 5.10 Å². The zero-order valence-corrected chi connectivity index (χ0v) is 18.2. The third-order valence-corrected chi connectivity index (χ3v) is 4.79. The molecule has 0 fully saturated rings. The van der Waals surface area contributed by atoms with Crippen molar-refractivity contribution >= 4 is 11.6 Å². The van der Waals surface area contributed by atoms with Crippen LogP contribution in [-0.2, 0) is 0 Å². The van der Waals surface area contributed by atoms with Gasteiger partial charge in [-0.25, -0.2) is 14.6 Å². The van der Waals surface area contributed by atoms with E-state index in [9.17, 15) is 0 Å². The Kier molecular flexibility index (Phi) is 6.07. The lowest BCUT2D eigenvalue weighted by Crippen LogP contribution is -2.00. The molecule has 0 unspecified atom stereocenters. The minimum Gasteiger partial charge on any atom is -0.497 e. The van der Waals surface area contributed by atoms with Crippen molar-refractivity contribution in [1.82, 2.24) is 19.7 Å². The van der Waals surface area contributed by atoms with Crippen LogP contribution in [0.15, 0.2) is 61.1 Å². The maximum absolute atomic E-state index is 5.40. The maximum atomic E-state index is 5.40. The third-order valence-electron chi connectivity index (χ3n) is 4.79. The maximum Gasteiger partial charge on any atom is 0.227 e. The minimum atomic E-state index is 0.425. The van der Waals surface area contributed by atoms with Crippen LogP contribution in [0.25, 0.3) is 16.9 Å². The minimum absolute atomic E-state index is 0.425. The molecular formula is C23H23N5O4. The molecule has 164 valence electrons. The molecule has 0 atom stereocenters. The van der Waals surface area contributed by atoms with E-state index in [0.29, 0.717) is 28.9 Å². The Labute approximate surface area is 185 Å². The molecule has 0 radical (unpaired) electrons. The van der Waals surface area contributed by atoms with Crippen LogP contribution in [0.2, 0.25) is 0 Å². The van der Waals surface area contributed by atoms with Crippen LogP contribution in [-0.4, -0.2) is 48.2 Å². The van der Waals surface area contributed by atoms with Crippen molar-refractivity contribution in [3.05, 3.63) is 61.1 Å². The summed E-state index contributed by atoms with van der Waals surface area (Å²) >= 11 is 0. The third kappa shape index (κ3) is 4.27. The Morgan fingerprint density at radius 1 is 0.844 bits per heavy atom. The van der Waals surface area contributed by atoms with Gasteiger partial charge in [0, 0.05) is 35.8 Å². The molecular weight excluding hydrogens is 410 g/mol. The second-order valence-corrected chi connectivity index (χ2v) is 6.68. The quantitative estimate of drug-likeness (QED) is 0.444. The van der Waals surface area contributed by atoms with Gasteiger partial charge in [-0.15, -0.1) is 0 Å². The molecule has 2 heterocycles. The Morgan fingerprint density at radius 3 is 2.19 bits per heavy atom. The number of aromatic nitrogens is 4. The summed E-state index contributed by atoms with van der Waals surface area (Å²) in [4.78, 5) is 8.94. The van der Waals surface area contributed by atoms with E-state index < -0.39 is 0 Å². The Morgan fingerprint density at radius 2 is 1.56 bits per heavy atom. The van der Waals surface area contributed by atoms with Crippen molar-refractivity contribution in [2.45, 2.75) is 0 Å². The topological polar surface area (TPSA) is 92.6 Å². The number of hydrogen-bond donors (Lipinski definition) is 1. The molecule has 0 saturated carbocycles. The number of ether oxygens (including phenoxy) is 4. The summed E-state index contributed by atoms with van der Waals surface area (Å²) in [6.45, 7) is 0. The monoisotopic (exact) mass is 433 g/mol. The first-order valence-electron chi connectivity index (χ1n) is 9.74. The molecule has 0 bridgehead atoms. The van der Waals surface area contributed by atoms with E-state index in [1.807, 2.05) is 36.5 Å². The summed E-state index contributed by atoms with van der Waals surface area (Å²) < 4.78 is 23.2. The van der Waals surface area contributed by atoms with E-state index in [-0.39, 0.29) is 0 Å². The first-order valence-corrected chi connectivity index (χ1v) is 9.74. The van der Waals surface area contributed by atoms with Crippen LogP contribution in [0.3, 0.4) is 0 Å². The molecule has 0 amide bonds. The number of hydrogen-bond acceptors (Lipinski definition) is 8. The Balaban J connectivity index is 1.59. The molecule has 4 rings (SSSR count). The molecule has 2 aromatic carbocycles. The lowest BCUT2D eigenvalue weighted by molar-refractivity contribution is 0.324. The summed E-state index contributed by atoms with van der Waals surface area (Å²) in [6, 6.07) is 13.1. The average molecular weight is 433 g/mol. The van der Waals surface area contributed by atoms with Crippen LogP contribution in [0.5, 0.6) is 23.0 Å². The molecule has 9 nitrogen and oxygen atoms in total. The van der Waals surface area contributed by atoms with Crippen molar-refractivity contribution in [2.75, 3.05) is 33.8 Å². The fraction of sp³-hybridized carbons (Fsp3) is 0.174. The first kappa shape index (κ1) is 21.0. The van der Waals surface area contributed by atoms with Gasteiger partial charge >= 0.3 is 0 Å². The van der Waals surface area contributed by atoms with Gasteiger partial charge in [-0.05, 0) is 30.3 Å². The van der Waals surface area contributed by atoms with Crippen LogP contribution in [0.4, 0.5) is 11.6 Å². The van der Waals surface area contributed by atoms with Gasteiger partial charge in [-0.1, -0.05) is 0 Å². The number of nitrogens with one attached hydrogen (secondary N) is 1. The first-order chi connectivity index (χ1) is 15.6. The molecule has 0 saturated heterocycles. The SMILES string of the molecule is COc1ccc(-n2cc(-c3ccnc(Nc4cc(OC)c(OC)c(OC)c4)n3)cn2)cc1. The van der Waals surface area contributed by atoms with Crippen molar-refractivity contribution < 1.29 is 18.9 Å². The summed E-state index contributed by atoms with van der Waals surface area (Å²) in [7, 11) is 6.34. The van der Waals surface area contributed by atoms with Gasteiger partial charge in [0.2, 0.25) is 11.7 Å². The molecule has 1 N–H and O–H groups in total.